The van der Waals surface area contributed by atoms with Crippen molar-refractivity contribution in [3.05, 3.63) is 18.0 Å². The van der Waals surface area contributed by atoms with Gasteiger partial charge in [0, 0.05) is 44.7 Å². The van der Waals surface area contributed by atoms with Crippen LogP contribution in [0.15, 0.2) is 12.4 Å². The molecule has 15 heavy (non-hydrogen) atoms. The molecule has 84 valence electrons. The van der Waals surface area contributed by atoms with Gasteiger partial charge in [0.15, 0.2) is 0 Å². The molecule has 1 heterocycles. The molecule has 1 aromatic rings. The number of carbonyl (C=O) groups excluding carboxylic acids is 1. The van der Waals surface area contributed by atoms with E-state index in [2.05, 4.69) is 5.10 Å². The van der Waals surface area contributed by atoms with E-state index in [0.717, 1.165) is 12.0 Å². The second-order valence-corrected chi connectivity index (χ2v) is 3.94. The Kier molecular flexibility index (Phi) is 4.62. The second kappa shape index (κ2) is 5.75. The zero-order valence-electron chi connectivity index (χ0n) is 9.11. The molecule has 0 unspecified atom stereocenters. The number of alkyl halides is 1. The average molecular weight is 230 g/mol. The third-order valence-electron chi connectivity index (χ3n) is 2.13. The molecule has 1 amide bonds. The number of hydrogen-bond donors (Lipinski definition) is 0. The van der Waals surface area contributed by atoms with Crippen LogP contribution in [0.25, 0.3) is 0 Å². The van der Waals surface area contributed by atoms with Crippen LogP contribution in [0.2, 0.25) is 0 Å². The van der Waals surface area contributed by atoms with Gasteiger partial charge < -0.3 is 4.90 Å². The molecule has 4 nitrogen and oxygen atoms in total. The predicted molar refractivity (Wildman–Crippen MR) is 59.6 cm³/mol. The maximum atomic E-state index is 11.6. The number of halogens is 1. The molecule has 0 saturated heterocycles. The molecule has 5 heteroatoms. The van der Waals surface area contributed by atoms with E-state index in [9.17, 15) is 4.79 Å². The monoisotopic (exact) mass is 229 g/mol. The standard InChI is InChI=1S/C10H16ClN3O/c1-13(10(15)4-3-5-11)7-9-6-12-14(2)8-9/h6,8H,3-5,7H2,1-2H3. The summed E-state index contributed by atoms with van der Waals surface area (Å²) in [7, 11) is 3.66. The van der Waals surface area contributed by atoms with Crippen molar-refractivity contribution in [1.29, 1.82) is 0 Å². The third kappa shape index (κ3) is 3.91. The second-order valence-electron chi connectivity index (χ2n) is 3.56. The first-order chi connectivity index (χ1) is 7.13. The van der Waals surface area contributed by atoms with Crippen LogP contribution in [0, 0.1) is 0 Å². The van der Waals surface area contributed by atoms with E-state index in [1.165, 1.54) is 0 Å². The quantitative estimate of drug-likeness (QED) is 0.716. The van der Waals surface area contributed by atoms with Gasteiger partial charge in [-0.1, -0.05) is 0 Å². The number of aryl methyl sites for hydroxylation is 1. The fourth-order valence-electron chi connectivity index (χ4n) is 1.32. The number of amides is 1. The van der Waals surface area contributed by atoms with Gasteiger partial charge in [0.2, 0.25) is 5.91 Å². The van der Waals surface area contributed by atoms with Crippen LogP contribution in [0.1, 0.15) is 18.4 Å². The van der Waals surface area contributed by atoms with Crippen LogP contribution >= 0.6 is 11.6 Å². The summed E-state index contributed by atoms with van der Waals surface area (Å²) in [6.45, 7) is 0.606. The normalized spacial score (nSPS) is 10.3. The molecule has 0 spiro atoms. The lowest BCUT2D eigenvalue weighted by Crippen LogP contribution is -2.25. The minimum atomic E-state index is 0.125. The van der Waals surface area contributed by atoms with Crippen molar-refractivity contribution < 1.29 is 4.79 Å². The Hall–Kier alpha value is -1.03. The van der Waals surface area contributed by atoms with Gasteiger partial charge in [0.25, 0.3) is 0 Å². The summed E-state index contributed by atoms with van der Waals surface area (Å²) in [5, 5.41) is 4.05. The molecule has 0 aliphatic heterocycles. The van der Waals surface area contributed by atoms with Crippen molar-refractivity contribution >= 4 is 17.5 Å². The molecule has 0 aromatic carbocycles. The highest BCUT2D eigenvalue weighted by Gasteiger charge is 2.09. The molecule has 0 bridgehead atoms. The molecular weight excluding hydrogens is 214 g/mol. The van der Waals surface area contributed by atoms with E-state index in [-0.39, 0.29) is 5.91 Å². The summed E-state index contributed by atoms with van der Waals surface area (Å²) < 4.78 is 1.73. The zero-order valence-corrected chi connectivity index (χ0v) is 9.87. The first kappa shape index (κ1) is 12.0. The fraction of sp³-hybridized carbons (Fsp3) is 0.600. The Morgan fingerprint density at radius 2 is 2.40 bits per heavy atom. The maximum Gasteiger partial charge on any atom is 0.222 e. The highest BCUT2D eigenvalue weighted by Crippen LogP contribution is 2.04. The van der Waals surface area contributed by atoms with Crippen LogP contribution in [-0.4, -0.2) is 33.5 Å². The Bertz CT molecular complexity index is 324. The lowest BCUT2D eigenvalue weighted by molar-refractivity contribution is -0.130. The van der Waals surface area contributed by atoms with Gasteiger partial charge >= 0.3 is 0 Å². The topological polar surface area (TPSA) is 38.1 Å². The molecule has 1 aromatic heterocycles. The zero-order chi connectivity index (χ0) is 11.3. The van der Waals surface area contributed by atoms with E-state index in [1.807, 2.05) is 13.2 Å². The first-order valence-electron chi connectivity index (χ1n) is 4.91. The van der Waals surface area contributed by atoms with Crippen LogP contribution < -0.4 is 0 Å². The predicted octanol–water partition coefficient (Wildman–Crippen LogP) is 1.40. The molecular formula is C10H16ClN3O. The Balaban J connectivity index is 2.41. The van der Waals surface area contributed by atoms with Crippen molar-refractivity contribution in [1.82, 2.24) is 14.7 Å². The van der Waals surface area contributed by atoms with Gasteiger partial charge in [-0.05, 0) is 6.42 Å². The van der Waals surface area contributed by atoms with Crippen LogP contribution in [-0.2, 0) is 18.4 Å². The van der Waals surface area contributed by atoms with E-state index in [1.54, 1.807) is 22.8 Å². The molecule has 0 radical (unpaired) electrons. The van der Waals surface area contributed by atoms with Crippen molar-refractivity contribution in [3.63, 3.8) is 0 Å². The van der Waals surface area contributed by atoms with Gasteiger partial charge in [0.1, 0.15) is 0 Å². The number of carbonyl (C=O) groups is 1. The fourth-order valence-corrected chi connectivity index (χ4v) is 1.46. The molecule has 1 rings (SSSR count). The van der Waals surface area contributed by atoms with Gasteiger partial charge in [0.05, 0.1) is 6.20 Å². The lowest BCUT2D eigenvalue weighted by atomic mass is 10.3. The van der Waals surface area contributed by atoms with Gasteiger partial charge in [-0.3, -0.25) is 9.48 Å². The summed E-state index contributed by atoms with van der Waals surface area (Å²) in [6.07, 6.45) is 4.93. The van der Waals surface area contributed by atoms with Crippen LogP contribution in [0.4, 0.5) is 0 Å². The Morgan fingerprint density at radius 3 is 2.93 bits per heavy atom. The van der Waals surface area contributed by atoms with Crippen molar-refractivity contribution in [2.24, 2.45) is 7.05 Å². The molecule has 0 aliphatic carbocycles. The highest BCUT2D eigenvalue weighted by atomic mass is 35.5. The molecule has 0 fully saturated rings. The van der Waals surface area contributed by atoms with Crippen molar-refractivity contribution in [2.45, 2.75) is 19.4 Å². The number of rotatable bonds is 5. The van der Waals surface area contributed by atoms with Crippen LogP contribution in [0.3, 0.4) is 0 Å². The largest absolute Gasteiger partial charge is 0.341 e. The SMILES string of the molecule is CN(Cc1cnn(C)c1)C(=O)CCCCl. The van der Waals surface area contributed by atoms with Gasteiger partial charge in [-0.15, -0.1) is 11.6 Å². The third-order valence-corrected chi connectivity index (χ3v) is 2.40. The number of aromatic nitrogens is 2. The molecule has 0 saturated carbocycles. The van der Waals surface area contributed by atoms with E-state index < -0.39 is 0 Å². The van der Waals surface area contributed by atoms with Crippen LogP contribution in [0.5, 0.6) is 0 Å². The summed E-state index contributed by atoms with van der Waals surface area (Å²) in [4.78, 5) is 13.3. The van der Waals surface area contributed by atoms with Gasteiger partial charge in [-0.25, -0.2) is 0 Å². The minimum Gasteiger partial charge on any atom is -0.341 e. The molecule has 0 N–H and O–H groups in total. The number of hydrogen-bond acceptors (Lipinski definition) is 2. The molecule has 0 atom stereocenters. The summed E-state index contributed by atoms with van der Waals surface area (Å²) in [5.74, 6) is 0.659. The lowest BCUT2D eigenvalue weighted by Gasteiger charge is -2.15. The van der Waals surface area contributed by atoms with E-state index >= 15 is 0 Å². The summed E-state index contributed by atoms with van der Waals surface area (Å²) >= 11 is 5.53. The summed E-state index contributed by atoms with van der Waals surface area (Å²) in [5.41, 5.74) is 1.04. The minimum absolute atomic E-state index is 0.125. The average Bonchev–Trinajstić information content (AvgIpc) is 2.60. The van der Waals surface area contributed by atoms with E-state index in [4.69, 9.17) is 11.6 Å². The Morgan fingerprint density at radius 1 is 1.67 bits per heavy atom. The van der Waals surface area contributed by atoms with Gasteiger partial charge in [-0.2, -0.15) is 5.10 Å². The Labute approximate surface area is 94.8 Å². The number of nitrogens with zero attached hydrogens (tertiary/aromatic N) is 3. The summed E-state index contributed by atoms with van der Waals surface area (Å²) in [6, 6.07) is 0. The molecule has 0 aliphatic rings. The maximum absolute atomic E-state index is 11.6. The van der Waals surface area contributed by atoms with E-state index in [0.29, 0.717) is 18.8 Å². The smallest absolute Gasteiger partial charge is 0.222 e. The van der Waals surface area contributed by atoms with Crippen molar-refractivity contribution in [2.75, 3.05) is 12.9 Å². The van der Waals surface area contributed by atoms with Crippen molar-refractivity contribution in [3.8, 4) is 0 Å². The first-order valence-corrected chi connectivity index (χ1v) is 5.44. The highest BCUT2D eigenvalue weighted by molar-refractivity contribution is 6.17.